The van der Waals surface area contributed by atoms with Crippen LogP contribution in [0.3, 0.4) is 0 Å². The van der Waals surface area contributed by atoms with Crippen LogP contribution < -0.4 is 10.2 Å². The van der Waals surface area contributed by atoms with Gasteiger partial charge in [-0.15, -0.1) is 0 Å². The lowest BCUT2D eigenvalue weighted by molar-refractivity contribution is -0.192. The molecular formula is C31H32F3N5O6. The predicted molar refractivity (Wildman–Crippen MR) is 159 cm³/mol. The number of aromatic nitrogens is 2. The minimum absolute atomic E-state index is 0.0332. The number of aromatic amines is 1. The van der Waals surface area contributed by atoms with Crippen LogP contribution in [-0.4, -0.2) is 103 Å². The van der Waals surface area contributed by atoms with E-state index in [2.05, 4.69) is 20.2 Å². The zero-order valence-electron chi connectivity index (χ0n) is 24.2. The number of carboxylic acid groups (broad SMARTS) is 1. The lowest BCUT2D eigenvalue weighted by Crippen LogP contribution is -2.41. The molecule has 0 atom stereocenters. The topological polar surface area (TPSA) is 137 Å². The largest absolute Gasteiger partial charge is 0.490 e. The second kappa shape index (κ2) is 13.9. The summed E-state index contributed by atoms with van der Waals surface area (Å²) >= 11 is 0. The minimum atomic E-state index is -5.08. The van der Waals surface area contributed by atoms with Crippen LogP contribution in [0.2, 0.25) is 0 Å². The van der Waals surface area contributed by atoms with E-state index in [-0.39, 0.29) is 11.8 Å². The normalized spacial score (nSPS) is 16.9. The van der Waals surface area contributed by atoms with Crippen molar-refractivity contribution in [2.24, 2.45) is 0 Å². The lowest BCUT2D eigenvalue weighted by Gasteiger charge is -2.31. The van der Waals surface area contributed by atoms with Gasteiger partial charge in [-0.05, 0) is 42.0 Å². The van der Waals surface area contributed by atoms with Crippen LogP contribution >= 0.6 is 0 Å². The van der Waals surface area contributed by atoms with Crippen molar-refractivity contribution >= 4 is 35.6 Å². The molecule has 6 rings (SSSR count). The van der Waals surface area contributed by atoms with E-state index in [0.717, 1.165) is 53.4 Å². The molecule has 2 saturated heterocycles. The van der Waals surface area contributed by atoms with Crippen LogP contribution in [0.15, 0.2) is 42.6 Å². The Morgan fingerprint density at radius 1 is 0.956 bits per heavy atom. The number of anilines is 1. The number of aliphatic carboxylic acids is 1. The molecule has 5 heterocycles. The predicted octanol–water partition coefficient (Wildman–Crippen LogP) is 3.48. The van der Waals surface area contributed by atoms with Crippen LogP contribution in [0, 0.1) is 0 Å². The fourth-order valence-corrected chi connectivity index (χ4v) is 5.18. The monoisotopic (exact) mass is 627 g/mol. The number of carbonyl (C=O) groups excluding carboxylic acids is 2. The molecule has 0 bridgehead atoms. The van der Waals surface area contributed by atoms with Crippen LogP contribution in [0.5, 0.6) is 0 Å². The number of hydrogen-bond acceptors (Lipinski definition) is 7. The molecule has 238 valence electrons. The minimum Gasteiger partial charge on any atom is -0.475 e. The van der Waals surface area contributed by atoms with E-state index in [1.54, 1.807) is 6.20 Å². The van der Waals surface area contributed by atoms with Gasteiger partial charge < -0.3 is 34.7 Å². The van der Waals surface area contributed by atoms with Crippen molar-refractivity contribution in [3.8, 4) is 11.3 Å². The fourth-order valence-electron chi connectivity index (χ4n) is 5.18. The molecule has 2 aromatic heterocycles. The number of nitrogens with zero attached hydrogens (tertiary/aromatic N) is 3. The van der Waals surface area contributed by atoms with Crippen LogP contribution in [0.4, 0.5) is 18.9 Å². The van der Waals surface area contributed by atoms with Crippen LogP contribution in [-0.2, 0) is 20.7 Å². The summed E-state index contributed by atoms with van der Waals surface area (Å²) in [6.07, 6.45) is 1.53. The van der Waals surface area contributed by atoms with E-state index in [4.69, 9.17) is 19.4 Å². The highest BCUT2D eigenvalue weighted by Crippen LogP contribution is 2.28. The number of morpholine rings is 2. The van der Waals surface area contributed by atoms with E-state index in [9.17, 15) is 22.8 Å². The first kappa shape index (κ1) is 31.7. The number of H-pyrrole nitrogens is 1. The highest BCUT2D eigenvalue weighted by Gasteiger charge is 2.38. The molecule has 11 nitrogen and oxygen atoms in total. The Bertz CT molecular complexity index is 1580. The van der Waals surface area contributed by atoms with Gasteiger partial charge in [0.25, 0.3) is 11.8 Å². The molecule has 14 heteroatoms. The number of rotatable bonds is 5. The van der Waals surface area contributed by atoms with E-state index in [1.165, 1.54) is 0 Å². The first-order valence-electron chi connectivity index (χ1n) is 14.4. The van der Waals surface area contributed by atoms with Gasteiger partial charge in [0, 0.05) is 73.5 Å². The average molecular weight is 628 g/mol. The summed E-state index contributed by atoms with van der Waals surface area (Å²) in [6.45, 7) is 5.90. The van der Waals surface area contributed by atoms with Crippen molar-refractivity contribution in [1.82, 2.24) is 20.2 Å². The van der Waals surface area contributed by atoms with Gasteiger partial charge in [0.05, 0.1) is 37.7 Å². The molecule has 1 aromatic carbocycles. The molecular weight excluding hydrogens is 595 g/mol. The molecule has 3 aromatic rings. The third kappa shape index (κ3) is 7.88. The van der Waals surface area contributed by atoms with Crippen molar-refractivity contribution < 1.29 is 42.1 Å². The number of carbonyl (C=O) groups is 3. The fraction of sp³-hybridized carbons (Fsp3) is 0.355. The number of alkyl halides is 3. The number of carboxylic acids is 1. The third-order valence-corrected chi connectivity index (χ3v) is 7.50. The SMILES string of the molecule is O=C(O)C(F)(F)F.O=C1NCCc2[nH]c(-c3ccnc(C=Cc4ccc(C(=O)N5CCOCC5)cc4N4CCOCC4)c3)cc21. The molecule has 3 N–H and O–H groups in total. The van der Waals surface area contributed by atoms with Crippen molar-refractivity contribution in [3.05, 3.63) is 70.7 Å². The molecule has 2 fully saturated rings. The third-order valence-electron chi connectivity index (χ3n) is 7.50. The van der Waals surface area contributed by atoms with E-state index in [1.807, 2.05) is 53.5 Å². The van der Waals surface area contributed by atoms with Crippen molar-refractivity contribution in [3.63, 3.8) is 0 Å². The molecule has 0 spiro atoms. The Morgan fingerprint density at radius 3 is 2.31 bits per heavy atom. The Kier molecular flexibility index (Phi) is 9.83. The van der Waals surface area contributed by atoms with Crippen molar-refractivity contribution in [2.45, 2.75) is 12.6 Å². The number of hydrogen-bond donors (Lipinski definition) is 3. The van der Waals surface area contributed by atoms with Gasteiger partial charge in [0.2, 0.25) is 0 Å². The standard InChI is InChI=1S/C29H31N5O4.C2HF3O2/c35-28-24-19-26(32-25(24)6-8-31-28)21-5-7-30-23(17-21)4-3-20-1-2-22(29(36)34-11-15-38-16-12-34)18-27(20)33-9-13-37-14-10-33;3-2(4,5)1(6)7/h1-5,7,17-19,32H,6,8-16H2,(H,31,35);(H,6,7). The highest BCUT2D eigenvalue weighted by molar-refractivity contribution is 5.98. The average Bonchev–Trinajstić information content (AvgIpc) is 3.50. The molecule has 2 amide bonds. The summed E-state index contributed by atoms with van der Waals surface area (Å²) in [5.74, 6) is -2.75. The molecule has 0 aliphatic carbocycles. The van der Waals surface area contributed by atoms with Gasteiger partial charge >= 0.3 is 12.1 Å². The second-order valence-electron chi connectivity index (χ2n) is 10.5. The Morgan fingerprint density at radius 2 is 1.64 bits per heavy atom. The Labute approximate surface area is 256 Å². The number of ether oxygens (including phenoxy) is 2. The van der Waals surface area contributed by atoms with E-state index < -0.39 is 12.1 Å². The molecule has 0 radical (unpaired) electrons. The quantitative estimate of drug-likeness (QED) is 0.391. The van der Waals surface area contributed by atoms with Gasteiger partial charge in [-0.1, -0.05) is 12.1 Å². The number of nitrogens with one attached hydrogen (secondary N) is 2. The Hall–Kier alpha value is -4.69. The molecule has 0 saturated carbocycles. The zero-order valence-corrected chi connectivity index (χ0v) is 24.2. The molecule has 3 aliphatic heterocycles. The maximum absolute atomic E-state index is 13.2. The van der Waals surface area contributed by atoms with Gasteiger partial charge in [-0.25, -0.2) is 4.79 Å². The summed E-state index contributed by atoms with van der Waals surface area (Å²) in [5.41, 5.74) is 7.09. The number of fused-ring (bicyclic) bond motifs is 1. The Balaban J connectivity index is 0.000000515. The molecule has 45 heavy (non-hydrogen) atoms. The van der Waals surface area contributed by atoms with Gasteiger partial charge in [0.1, 0.15) is 0 Å². The highest BCUT2D eigenvalue weighted by atomic mass is 19.4. The first-order valence-corrected chi connectivity index (χ1v) is 14.4. The van der Waals surface area contributed by atoms with E-state index >= 15 is 0 Å². The second-order valence-corrected chi connectivity index (χ2v) is 10.5. The number of benzene rings is 1. The maximum atomic E-state index is 13.2. The summed E-state index contributed by atoms with van der Waals surface area (Å²) in [5, 5.41) is 10.0. The van der Waals surface area contributed by atoms with E-state index in [0.29, 0.717) is 57.2 Å². The summed E-state index contributed by atoms with van der Waals surface area (Å²) in [4.78, 5) is 46.3. The summed E-state index contributed by atoms with van der Waals surface area (Å²) in [7, 11) is 0. The van der Waals surface area contributed by atoms with Gasteiger partial charge in [-0.3, -0.25) is 14.6 Å². The summed E-state index contributed by atoms with van der Waals surface area (Å²) in [6, 6.07) is 11.8. The van der Waals surface area contributed by atoms with Gasteiger partial charge in [0.15, 0.2) is 0 Å². The van der Waals surface area contributed by atoms with Crippen molar-refractivity contribution in [2.75, 3.05) is 64.1 Å². The maximum Gasteiger partial charge on any atom is 0.490 e. The van der Waals surface area contributed by atoms with Crippen LogP contribution in [0.1, 0.15) is 37.7 Å². The number of pyridine rings is 1. The molecule has 3 aliphatic rings. The molecule has 0 unspecified atom stereocenters. The summed E-state index contributed by atoms with van der Waals surface area (Å²) < 4.78 is 42.7. The first-order chi connectivity index (χ1) is 21.6. The number of amides is 2. The van der Waals surface area contributed by atoms with Crippen LogP contribution in [0.25, 0.3) is 23.4 Å². The zero-order chi connectivity index (χ0) is 32.0. The number of halogens is 3. The lowest BCUT2D eigenvalue weighted by atomic mass is 10.0. The smallest absolute Gasteiger partial charge is 0.475 e. The van der Waals surface area contributed by atoms with Gasteiger partial charge in [-0.2, -0.15) is 13.2 Å². The van der Waals surface area contributed by atoms with Crippen molar-refractivity contribution in [1.29, 1.82) is 0 Å².